The smallest absolute Gasteiger partial charge is 0.0386 e. The summed E-state index contributed by atoms with van der Waals surface area (Å²) in [6, 6.07) is 0. The minimum atomic E-state index is 0.901. The van der Waals surface area contributed by atoms with E-state index >= 15 is 0 Å². The van der Waals surface area contributed by atoms with E-state index in [9.17, 15) is 0 Å². The van der Waals surface area contributed by atoms with Crippen molar-refractivity contribution in [1.82, 2.24) is 0 Å². The standard InChI is InChI=1S/C16H33/c1-5-9-12-15(8-4)16(13-10-6-2)14-11-7-3/h15-16H,4-14H2,1-3H3. The summed E-state index contributed by atoms with van der Waals surface area (Å²) in [4.78, 5) is 0. The Hall–Kier alpha value is 0. The van der Waals surface area contributed by atoms with Crippen LogP contribution in [0.15, 0.2) is 0 Å². The molecule has 0 heteroatoms. The van der Waals surface area contributed by atoms with E-state index in [1.807, 2.05) is 0 Å². The van der Waals surface area contributed by atoms with Crippen LogP contribution in [-0.2, 0) is 0 Å². The summed E-state index contributed by atoms with van der Waals surface area (Å²) in [7, 11) is 0. The van der Waals surface area contributed by atoms with Gasteiger partial charge in [-0.15, -0.1) is 0 Å². The molecule has 0 rings (SSSR count). The Morgan fingerprint density at radius 1 is 0.688 bits per heavy atom. The van der Waals surface area contributed by atoms with Gasteiger partial charge in [0, 0.05) is 0 Å². The van der Waals surface area contributed by atoms with Crippen molar-refractivity contribution < 1.29 is 0 Å². The summed E-state index contributed by atoms with van der Waals surface area (Å²) >= 11 is 0. The van der Waals surface area contributed by atoms with Crippen molar-refractivity contribution in [2.24, 2.45) is 11.8 Å². The molecule has 0 aromatic carbocycles. The van der Waals surface area contributed by atoms with Gasteiger partial charge >= 0.3 is 0 Å². The number of unbranched alkanes of at least 4 members (excludes halogenated alkanes) is 3. The largest absolute Gasteiger partial charge is 0.0654 e. The normalized spacial score (nSPS) is 13.3. The van der Waals surface area contributed by atoms with Gasteiger partial charge in [0.05, 0.1) is 0 Å². The minimum Gasteiger partial charge on any atom is -0.0654 e. The van der Waals surface area contributed by atoms with Gasteiger partial charge in [-0.3, -0.25) is 0 Å². The Morgan fingerprint density at radius 3 is 1.38 bits per heavy atom. The molecule has 1 atom stereocenters. The monoisotopic (exact) mass is 225 g/mol. The third kappa shape index (κ3) is 7.30. The van der Waals surface area contributed by atoms with Crippen molar-refractivity contribution in [1.29, 1.82) is 0 Å². The lowest BCUT2D eigenvalue weighted by molar-refractivity contribution is 0.262. The third-order valence-corrected chi connectivity index (χ3v) is 3.82. The number of rotatable bonds is 11. The molecule has 0 aliphatic rings. The van der Waals surface area contributed by atoms with Crippen LogP contribution >= 0.6 is 0 Å². The molecule has 1 radical (unpaired) electrons. The fourth-order valence-electron chi connectivity index (χ4n) is 2.63. The van der Waals surface area contributed by atoms with Crippen LogP contribution in [-0.4, -0.2) is 0 Å². The molecule has 0 aromatic heterocycles. The predicted octanol–water partition coefficient (Wildman–Crippen LogP) is 6.01. The fourth-order valence-corrected chi connectivity index (χ4v) is 2.63. The summed E-state index contributed by atoms with van der Waals surface area (Å²) in [5.74, 6) is 1.86. The third-order valence-electron chi connectivity index (χ3n) is 3.82. The Kier molecular flexibility index (Phi) is 11.5. The molecule has 0 bridgehead atoms. The van der Waals surface area contributed by atoms with Gasteiger partial charge in [0.1, 0.15) is 0 Å². The molecular formula is C16H33. The highest BCUT2D eigenvalue weighted by molar-refractivity contribution is 4.71. The van der Waals surface area contributed by atoms with Crippen LogP contribution in [0.5, 0.6) is 0 Å². The summed E-state index contributed by atoms with van der Waals surface area (Å²) in [6.07, 6.45) is 13.7. The van der Waals surface area contributed by atoms with Gasteiger partial charge in [0.25, 0.3) is 0 Å². The average molecular weight is 225 g/mol. The second-order valence-corrected chi connectivity index (χ2v) is 5.24. The molecular weight excluding hydrogens is 192 g/mol. The topological polar surface area (TPSA) is 0 Å². The highest BCUT2D eigenvalue weighted by Crippen LogP contribution is 2.30. The maximum absolute atomic E-state index is 4.18. The van der Waals surface area contributed by atoms with Gasteiger partial charge in [-0.2, -0.15) is 0 Å². The minimum absolute atomic E-state index is 0.901. The van der Waals surface area contributed by atoms with Crippen LogP contribution in [0.25, 0.3) is 0 Å². The van der Waals surface area contributed by atoms with E-state index < -0.39 is 0 Å². The molecule has 0 amide bonds. The summed E-state index contributed by atoms with van der Waals surface area (Å²) in [5, 5.41) is 0. The fraction of sp³-hybridized carbons (Fsp3) is 0.938. The van der Waals surface area contributed by atoms with E-state index in [2.05, 4.69) is 27.7 Å². The van der Waals surface area contributed by atoms with E-state index in [4.69, 9.17) is 0 Å². The predicted molar refractivity (Wildman–Crippen MR) is 75.5 cm³/mol. The molecule has 97 valence electrons. The molecule has 0 nitrogen and oxygen atoms in total. The molecule has 0 N–H and O–H groups in total. The maximum Gasteiger partial charge on any atom is -0.0386 e. The first kappa shape index (κ1) is 16.0. The van der Waals surface area contributed by atoms with Crippen LogP contribution in [0.3, 0.4) is 0 Å². The van der Waals surface area contributed by atoms with Crippen LogP contribution in [0, 0.1) is 18.8 Å². The van der Waals surface area contributed by atoms with E-state index in [1.54, 1.807) is 0 Å². The zero-order chi connectivity index (χ0) is 12.2. The molecule has 0 heterocycles. The molecule has 0 aliphatic carbocycles. The first-order valence-electron chi connectivity index (χ1n) is 7.59. The molecule has 1 unspecified atom stereocenters. The highest BCUT2D eigenvalue weighted by atomic mass is 14.2. The second kappa shape index (κ2) is 11.5. The van der Waals surface area contributed by atoms with Gasteiger partial charge in [0.15, 0.2) is 0 Å². The van der Waals surface area contributed by atoms with Gasteiger partial charge in [-0.05, 0) is 11.8 Å². The molecule has 0 aliphatic heterocycles. The molecule has 0 saturated carbocycles. The summed E-state index contributed by atoms with van der Waals surface area (Å²) in [6.45, 7) is 11.1. The summed E-state index contributed by atoms with van der Waals surface area (Å²) < 4.78 is 0. The van der Waals surface area contributed by atoms with Gasteiger partial charge < -0.3 is 0 Å². The van der Waals surface area contributed by atoms with E-state index in [1.165, 1.54) is 57.8 Å². The lowest BCUT2D eigenvalue weighted by atomic mass is 9.80. The number of hydrogen-bond donors (Lipinski definition) is 0. The SMILES string of the molecule is [CH2]CC(CCCC)C(CCCC)CCCC. The molecule has 16 heavy (non-hydrogen) atoms. The first-order chi connectivity index (χ1) is 7.79. The average Bonchev–Trinajstić information content (AvgIpc) is 2.32. The van der Waals surface area contributed by atoms with Crippen molar-refractivity contribution in [2.75, 3.05) is 0 Å². The Bertz CT molecular complexity index is 120. The van der Waals surface area contributed by atoms with Crippen LogP contribution < -0.4 is 0 Å². The van der Waals surface area contributed by atoms with Crippen LogP contribution in [0.4, 0.5) is 0 Å². The van der Waals surface area contributed by atoms with Crippen LogP contribution in [0.1, 0.15) is 85.0 Å². The molecule has 0 saturated heterocycles. The van der Waals surface area contributed by atoms with E-state index in [-0.39, 0.29) is 0 Å². The van der Waals surface area contributed by atoms with Crippen molar-refractivity contribution in [3.63, 3.8) is 0 Å². The zero-order valence-corrected chi connectivity index (χ0v) is 11.9. The van der Waals surface area contributed by atoms with Crippen LogP contribution in [0.2, 0.25) is 0 Å². The van der Waals surface area contributed by atoms with Gasteiger partial charge in [-0.1, -0.05) is 91.9 Å². The Morgan fingerprint density at radius 2 is 1.06 bits per heavy atom. The highest BCUT2D eigenvalue weighted by Gasteiger charge is 2.18. The number of hydrogen-bond acceptors (Lipinski definition) is 0. The molecule has 0 aromatic rings. The summed E-state index contributed by atoms with van der Waals surface area (Å²) in [5.41, 5.74) is 0. The van der Waals surface area contributed by atoms with Gasteiger partial charge in [0.2, 0.25) is 0 Å². The van der Waals surface area contributed by atoms with Crippen molar-refractivity contribution in [2.45, 2.75) is 85.0 Å². The Labute approximate surface area is 104 Å². The lowest BCUT2D eigenvalue weighted by Gasteiger charge is -2.26. The molecule has 0 spiro atoms. The van der Waals surface area contributed by atoms with Crippen molar-refractivity contribution >= 4 is 0 Å². The van der Waals surface area contributed by atoms with Crippen molar-refractivity contribution in [3.05, 3.63) is 6.92 Å². The lowest BCUT2D eigenvalue weighted by Crippen LogP contribution is -2.14. The van der Waals surface area contributed by atoms with Crippen molar-refractivity contribution in [3.8, 4) is 0 Å². The molecule has 0 fully saturated rings. The van der Waals surface area contributed by atoms with E-state index in [0.29, 0.717) is 0 Å². The zero-order valence-electron chi connectivity index (χ0n) is 11.9. The first-order valence-corrected chi connectivity index (χ1v) is 7.59. The maximum atomic E-state index is 4.18. The quantitative estimate of drug-likeness (QED) is 0.404. The second-order valence-electron chi connectivity index (χ2n) is 5.24. The van der Waals surface area contributed by atoms with E-state index in [0.717, 1.165) is 18.3 Å². The van der Waals surface area contributed by atoms with Gasteiger partial charge in [-0.25, -0.2) is 0 Å². The Balaban J connectivity index is 4.06.